The number of ether oxygens (including phenoxy) is 1. The monoisotopic (exact) mass is 325 g/mol. The molecule has 0 radical (unpaired) electrons. The molecule has 20 heavy (non-hydrogen) atoms. The van der Waals surface area contributed by atoms with Crippen LogP contribution in [0.4, 0.5) is 4.39 Å². The smallest absolute Gasteiger partial charge is 0.318 e. The molecule has 9 heteroatoms. The molecule has 0 bridgehead atoms. The Labute approximate surface area is 120 Å². The molecule has 1 rings (SSSR count). The first-order valence-electron chi connectivity index (χ1n) is 5.45. The number of carbonyl (C=O) groups is 1. The van der Waals surface area contributed by atoms with Gasteiger partial charge in [0, 0.05) is 18.7 Å². The van der Waals surface area contributed by atoms with Crippen LogP contribution < -0.4 is 0 Å². The number of carboxylic acid groups (broad SMARTS) is 1. The zero-order chi connectivity index (χ0) is 15.3. The van der Waals surface area contributed by atoms with Crippen molar-refractivity contribution >= 4 is 27.6 Å². The van der Waals surface area contributed by atoms with Crippen molar-refractivity contribution in [2.75, 3.05) is 26.8 Å². The van der Waals surface area contributed by atoms with Gasteiger partial charge in [-0.3, -0.25) is 4.79 Å². The van der Waals surface area contributed by atoms with Gasteiger partial charge in [0.25, 0.3) is 0 Å². The Kier molecular flexibility index (Phi) is 5.88. The average molecular weight is 326 g/mol. The molecule has 1 aromatic carbocycles. The van der Waals surface area contributed by atoms with Crippen molar-refractivity contribution < 1.29 is 27.4 Å². The summed E-state index contributed by atoms with van der Waals surface area (Å²) in [5.74, 6) is -2.38. The zero-order valence-electron chi connectivity index (χ0n) is 10.5. The van der Waals surface area contributed by atoms with Crippen LogP contribution in [-0.2, 0) is 19.6 Å². The number of hydrogen-bond donors (Lipinski definition) is 1. The van der Waals surface area contributed by atoms with Crippen molar-refractivity contribution in [2.24, 2.45) is 0 Å². The Morgan fingerprint density at radius 1 is 1.50 bits per heavy atom. The fraction of sp³-hybridized carbons (Fsp3) is 0.364. The number of halogens is 2. The van der Waals surface area contributed by atoms with E-state index in [1.165, 1.54) is 13.2 Å². The lowest BCUT2D eigenvalue weighted by Gasteiger charge is -2.20. The summed E-state index contributed by atoms with van der Waals surface area (Å²) >= 11 is 5.55. The van der Waals surface area contributed by atoms with E-state index in [0.29, 0.717) is 4.31 Å². The highest BCUT2D eigenvalue weighted by Gasteiger charge is 2.29. The minimum absolute atomic E-state index is 0.0122. The molecule has 0 fully saturated rings. The Bertz CT molecular complexity index is 592. The van der Waals surface area contributed by atoms with Crippen LogP contribution in [0.3, 0.4) is 0 Å². The van der Waals surface area contributed by atoms with E-state index in [-0.39, 0.29) is 18.2 Å². The van der Waals surface area contributed by atoms with Crippen LogP contribution in [0.25, 0.3) is 0 Å². The van der Waals surface area contributed by atoms with Gasteiger partial charge in [-0.2, -0.15) is 4.31 Å². The molecular formula is C11H13ClFNO5S. The highest BCUT2D eigenvalue weighted by Crippen LogP contribution is 2.22. The number of rotatable bonds is 7. The Hall–Kier alpha value is -1.22. The van der Waals surface area contributed by atoms with Crippen LogP contribution in [0.15, 0.2) is 23.1 Å². The molecule has 0 aromatic heterocycles. The van der Waals surface area contributed by atoms with E-state index in [9.17, 15) is 17.6 Å². The molecule has 0 unspecified atom stereocenters. The summed E-state index contributed by atoms with van der Waals surface area (Å²) in [4.78, 5) is 10.1. The third kappa shape index (κ3) is 4.14. The number of methoxy groups -OCH3 is 1. The predicted molar refractivity (Wildman–Crippen MR) is 69.7 cm³/mol. The first-order valence-corrected chi connectivity index (χ1v) is 7.26. The van der Waals surface area contributed by atoms with Crippen molar-refractivity contribution in [1.82, 2.24) is 4.31 Å². The number of nitrogens with zero attached hydrogens (tertiary/aromatic N) is 1. The third-order valence-electron chi connectivity index (χ3n) is 2.37. The molecule has 6 nitrogen and oxygen atoms in total. The number of sulfonamides is 1. The summed E-state index contributed by atoms with van der Waals surface area (Å²) in [7, 11) is -2.94. The lowest BCUT2D eigenvalue weighted by molar-refractivity contribution is -0.137. The van der Waals surface area contributed by atoms with Crippen LogP contribution in [-0.4, -0.2) is 50.6 Å². The lowest BCUT2D eigenvalue weighted by atomic mass is 10.3. The molecule has 112 valence electrons. The minimum atomic E-state index is -4.28. The maximum absolute atomic E-state index is 13.7. The largest absolute Gasteiger partial charge is 0.480 e. The first-order chi connectivity index (χ1) is 9.28. The van der Waals surface area contributed by atoms with Gasteiger partial charge in [0.2, 0.25) is 10.0 Å². The summed E-state index contributed by atoms with van der Waals surface area (Å²) in [6.07, 6.45) is 0. The van der Waals surface area contributed by atoms with E-state index in [1.54, 1.807) is 0 Å². The minimum Gasteiger partial charge on any atom is -0.480 e. The first kappa shape index (κ1) is 16.8. The quantitative estimate of drug-likeness (QED) is 0.814. The maximum atomic E-state index is 13.7. The molecule has 0 saturated carbocycles. The second-order valence-corrected chi connectivity index (χ2v) is 6.14. The van der Waals surface area contributed by atoms with Gasteiger partial charge in [0.15, 0.2) is 0 Å². The van der Waals surface area contributed by atoms with E-state index >= 15 is 0 Å². The Morgan fingerprint density at radius 3 is 2.65 bits per heavy atom. The van der Waals surface area contributed by atoms with Gasteiger partial charge in [-0.15, -0.1) is 0 Å². The highest BCUT2D eigenvalue weighted by molar-refractivity contribution is 7.89. The van der Waals surface area contributed by atoms with Gasteiger partial charge < -0.3 is 9.84 Å². The van der Waals surface area contributed by atoms with Crippen LogP contribution in [0.5, 0.6) is 0 Å². The molecule has 0 saturated heterocycles. The van der Waals surface area contributed by atoms with Crippen molar-refractivity contribution in [3.05, 3.63) is 29.0 Å². The van der Waals surface area contributed by atoms with Crippen LogP contribution >= 0.6 is 11.6 Å². The molecule has 0 amide bonds. The molecule has 1 aromatic rings. The molecule has 0 atom stereocenters. The summed E-state index contributed by atoms with van der Waals surface area (Å²) in [5, 5.41) is 8.79. The molecule has 0 aliphatic rings. The Morgan fingerprint density at radius 2 is 2.15 bits per heavy atom. The average Bonchev–Trinajstić information content (AvgIpc) is 2.33. The second kappa shape index (κ2) is 6.98. The topological polar surface area (TPSA) is 83.9 Å². The van der Waals surface area contributed by atoms with Crippen LogP contribution in [0.1, 0.15) is 0 Å². The molecule has 0 spiro atoms. The van der Waals surface area contributed by atoms with Crippen molar-refractivity contribution in [2.45, 2.75) is 4.90 Å². The fourth-order valence-corrected chi connectivity index (χ4v) is 3.03. The molecule has 0 heterocycles. The number of carboxylic acids is 1. The zero-order valence-corrected chi connectivity index (χ0v) is 12.1. The van der Waals surface area contributed by atoms with Gasteiger partial charge in [-0.05, 0) is 18.2 Å². The van der Waals surface area contributed by atoms with E-state index < -0.39 is 33.3 Å². The van der Waals surface area contributed by atoms with E-state index in [2.05, 4.69) is 0 Å². The van der Waals surface area contributed by atoms with Gasteiger partial charge in [0.05, 0.1) is 6.61 Å². The van der Waals surface area contributed by atoms with E-state index in [1.807, 2.05) is 0 Å². The molecule has 0 aliphatic carbocycles. The summed E-state index contributed by atoms with van der Waals surface area (Å²) in [5.41, 5.74) is 0. The van der Waals surface area contributed by atoms with E-state index in [0.717, 1.165) is 12.1 Å². The molecule has 0 aliphatic heterocycles. The molecule has 1 N–H and O–H groups in total. The van der Waals surface area contributed by atoms with Crippen molar-refractivity contribution in [3.8, 4) is 0 Å². The number of aliphatic carboxylic acids is 1. The summed E-state index contributed by atoms with van der Waals surface area (Å²) in [6.45, 7) is -0.997. The normalized spacial score (nSPS) is 11.8. The highest BCUT2D eigenvalue weighted by atomic mass is 35.5. The number of benzene rings is 1. The van der Waals surface area contributed by atoms with Crippen LogP contribution in [0.2, 0.25) is 5.02 Å². The van der Waals surface area contributed by atoms with Gasteiger partial charge in [-0.1, -0.05) is 11.6 Å². The maximum Gasteiger partial charge on any atom is 0.318 e. The Balaban J connectivity index is 3.17. The lowest BCUT2D eigenvalue weighted by Crippen LogP contribution is -2.38. The van der Waals surface area contributed by atoms with E-state index in [4.69, 9.17) is 21.4 Å². The van der Waals surface area contributed by atoms with Gasteiger partial charge >= 0.3 is 5.97 Å². The second-order valence-electron chi connectivity index (χ2n) is 3.80. The standard InChI is InChI=1S/C11H13ClFNO5S/c1-19-5-4-14(7-11(15)16)20(17,18)10-3-2-8(12)6-9(10)13/h2-3,6H,4-5,7H2,1H3,(H,15,16). The molecular weight excluding hydrogens is 313 g/mol. The number of hydrogen-bond acceptors (Lipinski definition) is 4. The SMILES string of the molecule is COCCN(CC(=O)O)S(=O)(=O)c1ccc(Cl)cc1F. The summed E-state index contributed by atoms with van der Waals surface area (Å²) in [6, 6.07) is 3.06. The summed E-state index contributed by atoms with van der Waals surface area (Å²) < 4.78 is 43.5. The van der Waals surface area contributed by atoms with Gasteiger partial charge in [-0.25, -0.2) is 12.8 Å². The third-order valence-corrected chi connectivity index (χ3v) is 4.48. The van der Waals surface area contributed by atoms with Gasteiger partial charge in [0.1, 0.15) is 17.3 Å². The van der Waals surface area contributed by atoms with Crippen molar-refractivity contribution in [3.63, 3.8) is 0 Å². The predicted octanol–water partition coefficient (Wildman–Crippen LogP) is 1.20. The fourth-order valence-electron chi connectivity index (χ4n) is 1.45. The van der Waals surface area contributed by atoms with Crippen LogP contribution in [0, 0.1) is 5.82 Å². The van der Waals surface area contributed by atoms with Crippen molar-refractivity contribution in [1.29, 1.82) is 0 Å².